The Morgan fingerprint density at radius 3 is 2.44 bits per heavy atom. The first-order valence-electron chi connectivity index (χ1n) is 7.60. The summed E-state index contributed by atoms with van der Waals surface area (Å²) in [6.45, 7) is 1.94. The van der Waals surface area contributed by atoms with Crippen molar-refractivity contribution in [1.82, 2.24) is 10.9 Å². The molecule has 6 nitrogen and oxygen atoms in total. The van der Waals surface area contributed by atoms with Gasteiger partial charge in [-0.25, -0.2) is 4.39 Å². The summed E-state index contributed by atoms with van der Waals surface area (Å²) in [5.74, 6) is -1.76. The predicted octanol–water partition coefficient (Wildman–Crippen LogP) is 2.66. The van der Waals surface area contributed by atoms with Crippen LogP contribution in [-0.4, -0.2) is 24.4 Å². The van der Waals surface area contributed by atoms with E-state index in [1.807, 2.05) is 0 Å². The molecule has 2 aromatic rings. The summed E-state index contributed by atoms with van der Waals surface area (Å²) >= 11 is 1.22. The van der Waals surface area contributed by atoms with Crippen LogP contribution >= 0.6 is 11.3 Å². The lowest BCUT2D eigenvalue weighted by Crippen LogP contribution is -2.41. The van der Waals surface area contributed by atoms with Crippen LogP contribution in [0.3, 0.4) is 0 Å². The highest BCUT2D eigenvalue weighted by molar-refractivity contribution is 7.17. The van der Waals surface area contributed by atoms with Crippen molar-refractivity contribution in [3.8, 4) is 10.4 Å². The van der Waals surface area contributed by atoms with Crippen LogP contribution in [0.25, 0.3) is 10.4 Å². The molecule has 0 spiro atoms. The molecule has 132 valence electrons. The standard InChI is InChI=1S/C17H17FN2O4S/c1-2-24-16(22)10-9-15(21)19-20-17(23)14-8-7-13(25-14)11-3-5-12(18)6-4-11/h3-8H,2,9-10H2,1H3,(H,19,21)(H,20,23). The van der Waals surface area contributed by atoms with Crippen molar-refractivity contribution in [2.24, 2.45) is 0 Å². The molecule has 2 N–H and O–H groups in total. The van der Waals surface area contributed by atoms with Gasteiger partial charge in [-0.05, 0) is 36.8 Å². The van der Waals surface area contributed by atoms with Gasteiger partial charge in [0, 0.05) is 11.3 Å². The van der Waals surface area contributed by atoms with Crippen LogP contribution in [0.4, 0.5) is 4.39 Å². The van der Waals surface area contributed by atoms with Crippen molar-refractivity contribution >= 4 is 29.1 Å². The second-order valence-electron chi connectivity index (χ2n) is 4.98. The van der Waals surface area contributed by atoms with Gasteiger partial charge in [0.25, 0.3) is 5.91 Å². The largest absolute Gasteiger partial charge is 0.466 e. The Labute approximate surface area is 148 Å². The molecular weight excluding hydrogens is 347 g/mol. The van der Waals surface area contributed by atoms with E-state index in [1.54, 1.807) is 31.2 Å². The molecule has 2 amide bonds. The number of esters is 1. The first-order chi connectivity index (χ1) is 12.0. The Hall–Kier alpha value is -2.74. The van der Waals surface area contributed by atoms with Crippen molar-refractivity contribution in [3.63, 3.8) is 0 Å². The van der Waals surface area contributed by atoms with Gasteiger partial charge < -0.3 is 4.74 Å². The quantitative estimate of drug-likeness (QED) is 0.610. The minimum atomic E-state index is -0.489. The third-order valence-corrected chi connectivity index (χ3v) is 4.27. The van der Waals surface area contributed by atoms with E-state index in [0.29, 0.717) is 4.88 Å². The summed E-state index contributed by atoms with van der Waals surface area (Å²) in [5, 5.41) is 0. The van der Waals surface area contributed by atoms with Crippen molar-refractivity contribution in [3.05, 3.63) is 47.1 Å². The Morgan fingerprint density at radius 2 is 1.76 bits per heavy atom. The van der Waals surface area contributed by atoms with Crippen LogP contribution in [0.5, 0.6) is 0 Å². The average Bonchev–Trinajstić information content (AvgIpc) is 3.09. The summed E-state index contributed by atoms with van der Waals surface area (Å²) in [5.41, 5.74) is 5.33. The third-order valence-electron chi connectivity index (χ3n) is 3.14. The molecule has 0 atom stereocenters. The van der Waals surface area contributed by atoms with Crippen LogP contribution in [0.1, 0.15) is 29.4 Å². The molecule has 2 rings (SSSR count). The minimum Gasteiger partial charge on any atom is -0.466 e. The molecule has 1 aromatic heterocycles. The number of hydrogen-bond donors (Lipinski definition) is 2. The molecule has 0 aliphatic rings. The number of benzene rings is 1. The lowest BCUT2D eigenvalue weighted by atomic mass is 10.2. The number of carbonyl (C=O) groups is 3. The van der Waals surface area contributed by atoms with Crippen molar-refractivity contribution in [2.75, 3.05) is 6.61 Å². The molecule has 25 heavy (non-hydrogen) atoms. The number of hydrazine groups is 1. The maximum atomic E-state index is 12.9. The Balaban J connectivity index is 1.84. The van der Waals surface area contributed by atoms with Gasteiger partial charge in [-0.2, -0.15) is 0 Å². The first-order valence-corrected chi connectivity index (χ1v) is 8.42. The number of hydrogen-bond acceptors (Lipinski definition) is 5. The molecule has 8 heteroatoms. The van der Waals surface area contributed by atoms with E-state index < -0.39 is 17.8 Å². The molecule has 0 saturated heterocycles. The highest BCUT2D eigenvalue weighted by atomic mass is 32.1. The number of ether oxygens (including phenoxy) is 1. The molecule has 0 unspecified atom stereocenters. The minimum absolute atomic E-state index is 0.0523. The van der Waals surface area contributed by atoms with E-state index in [0.717, 1.165) is 10.4 Å². The SMILES string of the molecule is CCOC(=O)CCC(=O)NNC(=O)c1ccc(-c2ccc(F)cc2)s1. The maximum Gasteiger partial charge on any atom is 0.306 e. The molecule has 0 saturated carbocycles. The van der Waals surface area contributed by atoms with Gasteiger partial charge in [-0.1, -0.05) is 12.1 Å². The van der Waals surface area contributed by atoms with Crippen LogP contribution in [0, 0.1) is 5.82 Å². The molecular formula is C17H17FN2O4S. The number of rotatable bonds is 6. The van der Waals surface area contributed by atoms with Crippen molar-refractivity contribution in [1.29, 1.82) is 0 Å². The fourth-order valence-corrected chi connectivity index (χ4v) is 2.84. The van der Waals surface area contributed by atoms with Gasteiger partial charge in [0.15, 0.2) is 0 Å². The molecule has 0 radical (unpaired) electrons. The van der Waals surface area contributed by atoms with Crippen LogP contribution in [0.2, 0.25) is 0 Å². The Bertz CT molecular complexity index is 758. The first kappa shape index (κ1) is 18.6. The Kier molecular flexibility index (Phi) is 6.64. The van der Waals surface area contributed by atoms with E-state index in [9.17, 15) is 18.8 Å². The van der Waals surface area contributed by atoms with Gasteiger partial charge in [-0.3, -0.25) is 25.2 Å². The third kappa shape index (κ3) is 5.68. The van der Waals surface area contributed by atoms with E-state index in [2.05, 4.69) is 10.9 Å². The topological polar surface area (TPSA) is 84.5 Å². The van der Waals surface area contributed by atoms with Gasteiger partial charge in [0.1, 0.15) is 5.82 Å². The zero-order valence-corrected chi connectivity index (χ0v) is 14.3. The zero-order valence-electron chi connectivity index (χ0n) is 13.5. The number of nitrogens with one attached hydrogen (secondary N) is 2. The van der Waals surface area contributed by atoms with Gasteiger partial charge >= 0.3 is 5.97 Å². The van der Waals surface area contributed by atoms with Crippen LogP contribution < -0.4 is 10.9 Å². The monoisotopic (exact) mass is 364 g/mol. The lowest BCUT2D eigenvalue weighted by molar-refractivity contribution is -0.144. The average molecular weight is 364 g/mol. The molecule has 0 aliphatic heterocycles. The highest BCUT2D eigenvalue weighted by Crippen LogP contribution is 2.28. The molecule has 0 bridgehead atoms. The molecule has 1 heterocycles. The normalized spacial score (nSPS) is 10.2. The second kappa shape index (κ2) is 8.93. The number of halogens is 1. The summed E-state index contributed by atoms with van der Waals surface area (Å²) in [6, 6.07) is 9.30. The van der Waals surface area contributed by atoms with E-state index >= 15 is 0 Å². The zero-order chi connectivity index (χ0) is 18.2. The predicted molar refractivity (Wildman–Crippen MR) is 91.2 cm³/mol. The molecule has 0 fully saturated rings. The fourth-order valence-electron chi connectivity index (χ4n) is 1.93. The van der Waals surface area contributed by atoms with E-state index in [1.165, 1.54) is 23.5 Å². The number of carbonyl (C=O) groups excluding carboxylic acids is 3. The van der Waals surface area contributed by atoms with Crippen LogP contribution in [0.15, 0.2) is 36.4 Å². The van der Waals surface area contributed by atoms with Crippen molar-refractivity contribution in [2.45, 2.75) is 19.8 Å². The van der Waals surface area contributed by atoms with E-state index in [4.69, 9.17) is 4.74 Å². The molecule has 0 aliphatic carbocycles. The van der Waals surface area contributed by atoms with Gasteiger partial charge in [-0.15, -0.1) is 11.3 Å². The highest BCUT2D eigenvalue weighted by Gasteiger charge is 2.12. The summed E-state index contributed by atoms with van der Waals surface area (Å²) in [4.78, 5) is 36.0. The van der Waals surface area contributed by atoms with Crippen LogP contribution in [-0.2, 0) is 14.3 Å². The number of amides is 2. The van der Waals surface area contributed by atoms with Gasteiger partial charge in [0.2, 0.25) is 5.91 Å². The summed E-state index contributed by atoms with van der Waals surface area (Å²) in [6.07, 6.45) is -0.131. The summed E-state index contributed by atoms with van der Waals surface area (Å²) in [7, 11) is 0. The lowest BCUT2D eigenvalue weighted by Gasteiger charge is -2.06. The smallest absolute Gasteiger partial charge is 0.306 e. The van der Waals surface area contributed by atoms with Crippen molar-refractivity contribution < 1.29 is 23.5 Å². The van der Waals surface area contributed by atoms with Gasteiger partial charge in [0.05, 0.1) is 17.9 Å². The van der Waals surface area contributed by atoms with E-state index in [-0.39, 0.29) is 25.3 Å². The number of thiophene rings is 1. The maximum absolute atomic E-state index is 12.9. The fraction of sp³-hybridized carbons (Fsp3) is 0.235. The molecule has 1 aromatic carbocycles. The second-order valence-corrected chi connectivity index (χ2v) is 6.06. The summed E-state index contributed by atoms with van der Waals surface area (Å²) < 4.78 is 17.6. The Morgan fingerprint density at radius 1 is 1.04 bits per heavy atom.